The van der Waals surface area contributed by atoms with Crippen LogP contribution in [-0.4, -0.2) is 10.2 Å². The lowest BCUT2D eigenvalue weighted by atomic mass is 9.79. The highest BCUT2D eigenvalue weighted by molar-refractivity contribution is 5.34. The van der Waals surface area contributed by atoms with Gasteiger partial charge in [-0.1, -0.05) is 51.0 Å². The molecule has 0 aliphatic rings. The van der Waals surface area contributed by atoms with Crippen molar-refractivity contribution in [2.24, 2.45) is 0 Å². The highest BCUT2D eigenvalue weighted by atomic mass is 16.3. The van der Waals surface area contributed by atoms with Crippen molar-refractivity contribution < 1.29 is 10.2 Å². The summed E-state index contributed by atoms with van der Waals surface area (Å²) in [5.41, 5.74) is 2.50. The van der Waals surface area contributed by atoms with Crippen LogP contribution >= 0.6 is 0 Å². The van der Waals surface area contributed by atoms with Gasteiger partial charge in [0.1, 0.15) is 11.5 Å². The standard InChI is InChI=1S/C19H24O2/c1-3-4-5-19(16-8-12-18(21)13-9-16)14(2)15-6-10-17(20)11-7-15/h6-14,19-21H,3-5H2,1-2H3. The van der Waals surface area contributed by atoms with E-state index in [9.17, 15) is 10.2 Å². The Morgan fingerprint density at radius 3 is 1.76 bits per heavy atom. The van der Waals surface area contributed by atoms with Gasteiger partial charge in [-0.2, -0.15) is 0 Å². The van der Waals surface area contributed by atoms with Crippen molar-refractivity contribution in [2.75, 3.05) is 0 Å². The van der Waals surface area contributed by atoms with Gasteiger partial charge in [0.05, 0.1) is 0 Å². The molecule has 2 rings (SSSR count). The van der Waals surface area contributed by atoms with Crippen LogP contribution in [0.1, 0.15) is 56.1 Å². The quantitative estimate of drug-likeness (QED) is 0.767. The Morgan fingerprint density at radius 2 is 1.29 bits per heavy atom. The molecule has 0 bridgehead atoms. The molecule has 112 valence electrons. The molecule has 0 heterocycles. The van der Waals surface area contributed by atoms with Crippen molar-refractivity contribution in [3.8, 4) is 11.5 Å². The number of benzene rings is 2. The van der Waals surface area contributed by atoms with Gasteiger partial charge in [0.2, 0.25) is 0 Å². The van der Waals surface area contributed by atoms with Crippen LogP contribution in [0, 0.1) is 0 Å². The molecule has 2 nitrogen and oxygen atoms in total. The van der Waals surface area contributed by atoms with Gasteiger partial charge in [-0.25, -0.2) is 0 Å². The normalized spacial score (nSPS) is 13.8. The zero-order valence-electron chi connectivity index (χ0n) is 12.8. The zero-order valence-corrected chi connectivity index (χ0v) is 12.8. The second kappa shape index (κ2) is 7.16. The number of rotatable bonds is 6. The van der Waals surface area contributed by atoms with E-state index in [1.54, 1.807) is 24.3 Å². The topological polar surface area (TPSA) is 40.5 Å². The number of hydrogen-bond acceptors (Lipinski definition) is 2. The maximum absolute atomic E-state index is 9.47. The molecule has 2 N–H and O–H groups in total. The maximum atomic E-state index is 9.47. The molecule has 2 unspecified atom stereocenters. The van der Waals surface area contributed by atoms with Crippen LogP contribution in [-0.2, 0) is 0 Å². The van der Waals surface area contributed by atoms with Crippen molar-refractivity contribution in [1.29, 1.82) is 0 Å². The Morgan fingerprint density at radius 1 is 0.810 bits per heavy atom. The monoisotopic (exact) mass is 284 g/mol. The van der Waals surface area contributed by atoms with E-state index in [4.69, 9.17) is 0 Å². The van der Waals surface area contributed by atoms with Gasteiger partial charge in [-0.05, 0) is 53.6 Å². The van der Waals surface area contributed by atoms with E-state index in [0.29, 0.717) is 23.3 Å². The molecule has 2 aromatic carbocycles. The lowest BCUT2D eigenvalue weighted by Crippen LogP contribution is -2.08. The summed E-state index contributed by atoms with van der Waals surface area (Å²) < 4.78 is 0. The molecular formula is C19H24O2. The first-order valence-corrected chi connectivity index (χ1v) is 7.69. The zero-order chi connectivity index (χ0) is 15.2. The molecule has 0 saturated carbocycles. The molecule has 0 spiro atoms. The second-order valence-electron chi connectivity index (χ2n) is 5.72. The lowest BCUT2D eigenvalue weighted by Gasteiger charge is -2.25. The fraction of sp³-hybridized carbons (Fsp3) is 0.368. The number of aromatic hydroxyl groups is 2. The maximum Gasteiger partial charge on any atom is 0.115 e. The molecule has 0 aliphatic heterocycles. The summed E-state index contributed by atoms with van der Waals surface area (Å²) >= 11 is 0. The van der Waals surface area contributed by atoms with Crippen LogP contribution in [0.5, 0.6) is 11.5 Å². The number of hydrogen-bond donors (Lipinski definition) is 2. The molecule has 0 saturated heterocycles. The summed E-state index contributed by atoms with van der Waals surface area (Å²) in [6.45, 7) is 4.44. The smallest absolute Gasteiger partial charge is 0.115 e. The van der Waals surface area contributed by atoms with E-state index in [1.165, 1.54) is 24.0 Å². The minimum absolute atomic E-state index is 0.306. The molecule has 0 aromatic heterocycles. The average Bonchev–Trinajstić information content (AvgIpc) is 2.50. The SMILES string of the molecule is CCCCC(c1ccc(O)cc1)C(C)c1ccc(O)cc1. The van der Waals surface area contributed by atoms with Crippen molar-refractivity contribution in [2.45, 2.75) is 44.9 Å². The number of unbranched alkanes of at least 4 members (excludes halogenated alkanes) is 1. The molecule has 2 aromatic rings. The molecule has 2 atom stereocenters. The summed E-state index contributed by atoms with van der Waals surface area (Å²) in [5.74, 6) is 1.42. The first-order valence-electron chi connectivity index (χ1n) is 7.69. The fourth-order valence-corrected chi connectivity index (χ4v) is 2.86. The van der Waals surface area contributed by atoms with Crippen LogP contribution in [0.15, 0.2) is 48.5 Å². The number of phenols is 2. The minimum Gasteiger partial charge on any atom is -0.508 e. The summed E-state index contributed by atoms with van der Waals surface area (Å²) in [6, 6.07) is 15.1. The van der Waals surface area contributed by atoms with Gasteiger partial charge >= 0.3 is 0 Å². The fourth-order valence-electron chi connectivity index (χ4n) is 2.86. The number of phenolic OH excluding ortho intramolecular Hbond substituents is 2. The van der Waals surface area contributed by atoms with Gasteiger partial charge in [0.25, 0.3) is 0 Å². The van der Waals surface area contributed by atoms with E-state index < -0.39 is 0 Å². The van der Waals surface area contributed by atoms with Crippen LogP contribution in [0.4, 0.5) is 0 Å². The molecule has 0 radical (unpaired) electrons. The van der Waals surface area contributed by atoms with E-state index in [2.05, 4.69) is 13.8 Å². The third-order valence-electron chi connectivity index (χ3n) is 4.21. The molecule has 2 heteroatoms. The predicted octanol–water partition coefficient (Wildman–Crippen LogP) is 5.18. The highest BCUT2D eigenvalue weighted by Crippen LogP contribution is 2.37. The van der Waals surface area contributed by atoms with E-state index in [0.717, 1.165) is 6.42 Å². The second-order valence-corrected chi connectivity index (χ2v) is 5.72. The summed E-state index contributed by atoms with van der Waals surface area (Å²) in [4.78, 5) is 0. The summed E-state index contributed by atoms with van der Waals surface area (Å²) in [6.07, 6.45) is 3.49. The van der Waals surface area contributed by atoms with Crippen molar-refractivity contribution in [3.63, 3.8) is 0 Å². The Bertz CT molecular complexity index is 543. The Hall–Kier alpha value is -1.96. The van der Waals surface area contributed by atoms with Gasteiger partial charge in [-0.3, -0.25) is 0 Å². The largest absolute Gasteiger partial charge is 0.508 e. The van der Waals surface area contributed by atoms with Crippen molar-refractivity contribution >= 4 is 0 Å². The molecule has 21 heavy (non-hydrogen) atoms. The van der Waals surface area contributed by atoms with Crippen LogP contribution in [0.2, 0.25) is 0 Å². The average molecular weight is 284 g/mol. The van der Waals surface area contributed by atoms with Crippen LogP contribution in [0.3, 0.4) is 0 Å². The van der Waals surface area contributed by atoms with E-state index in [-0.39, 0.29) is 0 Å². The van der Waals surface area contributed by atoms with Crippen LogP contribution < -0.4 is 0 Å². The van der Waals surface area contributed by atoms with Gasteiger partial charge < -0.3 is 10.2 Å². The molecular weight excluding hydrogens is 260 g/mol. The van der Waals surface area contributed by atoms with Gasteiger partial charge in [-0.15, -0.1) is 0 Å². The summed E-state index contributed by atoms with van der Waals surface area (Å²) in [7, 11) is 0. The lowest BCUT2D eigenvalue weighted by molar-refractivity contribution is 0.471. The van der Waals surface area contributed by atoms with E-state index in [1.807, 2.05) is 24.3 Å². The van der Waals surface area contributed by atoms with Crippen molar-refractivity contribution in [3.05, 3.63) is 59.7 Å². The summed E-state index contributed by atoms with van der Waals surface area (Å²) in [5, 5.41) is 18.9. The van der Waals surface area contributed by atoms with Gasteiger partial charge in [0.15, 0.2) is 0 Å². The van der Waals surface area contributed by atoms with Crippen molar-refractivity contribution in [1.82, 2.24) is 0 Å². The Balaban J connectivity index is 2.26. The van der Waals surface area contributed by atoms with Gasteiger partial charge in [0, 0.05) is 0 Å². The third kappa shape index (κ3) is 4.01. The van der Waals surface area contributed by atoms with Crippen LogP contribution in [0.25, 0.3) is 0 Å². The Kier molecular flexibility index (Phi) is 5.26. The predicted molar refractivity (Wildman–Crippen MR) is 86.9 cm³/mol. The molecule has 0 aliphatic carbocycles. The highest BCUT2D eigenvalue weighted by Gasteiger charge is 2.20. The Labute approximate surface area is 127 Å². The first kappa shape index (κ1) is 15.4. The molecule has 0 amide bonds. The first-order chi connectivity index (χ1) is 10.1. The minimum atomic E-state index is 0.306. The third-order valence-corrected chi connectivity index (χ3v) is 4.21. The van der Waals surface area contributed by atoms with E-state index >= 15 is 0 Å². The molecule has 0 fully saturated rings.